The van der Waals surface area contributed by atoms with Gasteiger partial charge in [0, 0.05) is 0 Å². The third kappa shape index (κ3) is 7.77. The second-order valence-corrected chi connectivity index (χ2v) is 4.45. The minimum atomic E-state index is 0.643. The molecule has 0 aliphatic carbocycles. The van der Waals surface area contributed by atoms with Crippen LogP contribution in [0.3, 0.4) is 0 Å². The van der Waals surface area contributed by atoms with Gasteiger partial charge >= 0.3 is 68.6 Å². The summed E-state index contributed by atoms with van der Waals surface area (Å²) in [7, 11) is 0. The molecule has 0 atom stereocenters. The van der Waals surface area contributed by atoms with Gasteiger partial charge in [-0.25, -0.2) is 4.99 Å². The fourth-order valence-electron chi connectivity index (χ4n) is 1.43. The molecular formula is C16H15N2SSe. The normalized spacial score (nSPS) is 9.40. The van der Waals surface area contributed by atoms with Gasteiger partial charge in [-0.1, -0.05) is 30.3 Å². The number of isothiocyanates is 1. The quantitative estimate of drug-likeness (QED) is 0.471. The van der Waals surface area contributed by atoms with E-state index in [4.69, 9.17) is 0 Å². The van der Waals surface area contributed by atoms with Gasteiger partial charge in [-0.2, -0.15) is 0 Å². The number of hydrogen-bond donors (Lipinski definition) is 0. The number of aliphatic imine (C=N–C) groups is 2. The molecule has 0 aliphatic heterocycles. The monoisotopic (exact) mass is 347 g/mol. The molecule has 0 amide bonds. The number of nitrogens with zero attached hydrogens (tertiary/aromatic N) is 2. The molecule has 0 N–H and O–H groups in total. The van der Waals surface area contributed by atoms with Crippen molar-refractivity contribution in [2.75, 3.05) is 0 Å². The van der Waals surface area contributed by atoms with E-state index in [1.165, 1.54) is 11.1 Å². The summed E-state index contributed by atoms with van der Waals surface area (Å²) >= 11 is 7.16. The van der Waals surface area contributed by atoms with Crippen LogP contribution in [-0.4, -0.2) is 26.3 Å². The van der Waals surface area contributed by atoms with Gasteiger partial charge in [-0.05, 0) is 17.8 Å². The Labute approximate surface area is 133 Å². The van der Waals surface area contributed by atoms with E-state index in [-0.39, 0.29) is 0 Å². The molecular weight excluding hydrogens is 331 g/mol. The SMILES string of the molecule is S=C=NCc1ccccc1.[Se]C=NCc1ccccc1. The van der Waals surface area contributed by atoms with Crippen molar-refractivity contribution in [3.8, 4) is 0 Å². The van der Waals surface area contributed by atoms with Crippen LogP contribution < -0.4 is 0 Å². The number of benzene rings is 2. The van der Waals surface area contributed by atoms with Gasteiger partial charge in [0.1, 0.15) is 0 Å². The molecule has 0 unspecified atom stereocenters. The van der Waals surface area contributed by atoms with Gasteiger partial charge in [-0.3, -0.25) is 0 Å². The first-order valence-corrected chi connectivity index (χ1v) is 7.48. The van der Waals surface area contributed by atoms with Crippen molar-refractivity contribution in [3.63, 3.8) is 0 Å². The molecule has 0 fully saturated rings. The average Bonchev–Trinajstić information content (AvgIpc) is 2.53. The Morgan fingerprint density at radius 3 is 1.85 bits per heavy atom. The maximum atomic E-state index is 4.43. The summed E-state index contributed by atoms with van der Waals surface area (Å²) in [6.07, 6.45) is 0. The van der Waals surface area contributed by atoms with E-state index in [0.717, 1.165) is 6.54 Å². The van der Waals surface area contributed by atoms with Gasteiger partial charge in [0.05, 0.1) is 11.7 Å². The fraction of sp³-hybridized carbons (Fsp3) is 0.125. The van der Waals surface area contributed by atoms with Gasteiger partial charge in [0.2, 0.25) is 0 Å². The molecule has 0 saturated carbocycles. The molecule has 101 valence electrons. The van der Waals surface area contributed by atoms with Crippen LogP contribution in [0, 0.1) is 0 Å². The molecule has 2 aromatic rings. The average molecular weight is 346 g/mol. The zero-order valence-corrected chi connectivity index (χ0v) is 13.5. The number of hydrogen-bond acceptors (Lipinski definition) is 3. The number of rotatable bonds is 4. The van der Waals surface area contributed by atoms with Gasteiger partial charge in [0.25, 0.3) is 0 Å². The van der Waals surface area contributed by atoms with Crippen LogP contribution in [-0.2, 0) is 13.1 Å². The van der Waals surface area contributed by atoms with E-state index < -0.39 is 0 Å². The molecule has 2 rings (SSSR count). The summed E-state index contributed by atoms with van der Waals surface area (Å²) in [5.41, 5.74) is 2.41. The van der Waals surface area contributed by atoms with E-state index in [9.17, 15) is 0 Å². The van der Waals surface area contributed by atoms with Gasteiger partial charge < -0.3 is 0 Å². The molecule has 0 spiro atoms. The second kappa shape index (κ2) is 11.3. The van der Waals surface area contributed by atoms with Crippen LogP contribution in [0.5, 0.6) is 0 Å². The standard InChI is InChI=1S/C8H7NS.C8H8NSe/c2*10-7-9-6-8-4-2-1-3-5-8/h1-5H,6H2;1-5,7H,6H2. The molecule has 0 aliphatic rings. The third-order valence-corrected chi connectivity index (χ3v) is 2.80. The summed E-state index contributed by atoms with van der Waals surface area (Å²) in [6, 6.07) is 20.1. The molecule has 2 aromatic carbocycles. The third-order valence-electron chi connectivity index (χ3n) is 2.36. The summed E-state index contributed by atoms with van der Waals surface area (Å²) in [5, 5.41) is 4.03. The first-order valence-electron chi connectivity index (χ1n) is 6.08. The number of thiocarbonyl (C=S) groups is 1. The molecule has 0 saturated heterocycles. The minimum absolute atomic E-state index is 0.643. The Hall–Kier alpha value is -1.57. The van der Waals surface area contributed by atoms with Crippen LogP contribution in [0.25, 0.3) is 0 Å². The Bertz CT molecular complexity index is 549. The predicted octanol–water partition coefficient (Wildman–Crippen LogP) is 3.67. The van der Waals surface area contributed by atoms with Crippen LogP contribution in [0.2, 0.25) is 0 Å². The van der Waals surface area contributed by atoms with Crippen molar-refractivity contribution in [3.05, 3.63) is 71.8 Å². The van der Waals surface area contributed by atoms with Crippen molar-refractivity contribution < 1.29 is 0 Å². The molecule has 4 heteroatoms. The van der Waals surface area contributed by atoms with Crippen molar-refractivity contribution in [1.29, 1.82) is 0 Å². The van der Waals surface area contributed by atoms with Crippen molar-refractivity contribution in [2.24, 2.45) is 9.98 Å². The maximum absolute atomic E-state index is 4.43. The van der Waals surface area contributed by atoms with E-state index in [2.05, 4.69) is 55.5 Å². The summed E-state index contributed by atoms with van der Waals surface area (Å²) in [4.78, 5) is 7.87. The van der Waals surface area contributed by atoms with Gasteiger partial charge in [-0.15, -0.1) is 0 Å². The summed E-state index contributed by atoms with van der Waals surface area (Å²) in [6.45, 7) is 1.41. The summed E-state index contributed by atoms with van der Waals surface area (Å²) < 4.78 is 0. The van der Waals surface area contributed by atoms with Crippen molar-refractivity contribution in [1.82, 2.24) is 0 Å². The molecule has 0 aromatic heterocycles. The summed E-state index contributed by atoms with van der Waals surface area (Å²) in [5.74, 6) is 0. The van der Waals surface area contributed by atoms with E-state index >= 15 is 0 Å². The molecule has 0 heterocycles. The van der Waals surface area contributed by atoms with Crippen LogP contribution in [0.15, 0.2) is 70.6 Å². The van der Waals surface area contributed by atoms with Crippen molar-refractivity contribution >= 4 is 38.5 Å². The van der Waals surface area contributed by atoms with E-state index in [1.54, 1.807) is 5.11 Å². The van der Waals surface area contributed by atoms with Crippen LogP contribution in [0.1, 0.15) is 11.1 Å². The Morgan fingerprint density at radius 1 is 0.900 bits per heavy atom. The Balaban J connectivity index is 0.000000200. The zero-order chi connectivity index (χ0) is 14.5. The molecule has 20 heavy (non-hydrogen) atoms. The second-order valence-electron chi connectivity index (χ2n) is 3.82. The Morgan fingerprint density at radius 2 is 1.40 bits per heavy atom. The molecule has 0 bridgehead atoms. The van der Waals surface area contributed by atoms with Crippen molar-refractivity contribution in [2.45, 2.75) is 13.1 Å². The predicted molar refractivity (Wildman–Crippen MR) is 89.6 cm³/mol. The van der Waals surface area contributed by atoms with Crippen LogP contribution in [0.4, 0.5) is 0 Å². The fourth-order valence-corrected chi connectivity index (χ4v) is 1.65. The van der Waals surface area contributed by atoms with Crippen LogP contribution >= 0.6 is 12.2 Å². The van der Waals surface area contributed by atoms with E-state index in [0.29, 0.717) is 6.54 Å². The first-order chi connectivity index (χ1) is 9.86. The molecule has 2 nitrogen and oxygen atoms in total. The topological polar surface area (TPSA) is 24.7 Å². The first kappa shape index (κ1) is 16.5. The Kier molecular flexibility index (Phi) is 9.29. The molecule has 1 radical (unpaired) electrons. The van der Waals surface area contributed by atoms with Gasteiger partial charge in [0.15, 0.2) is 0 Å². The van der Waals surface area contributed by atoms with E-state index in [1.807, 2.05) is 48.5 Å². The zero-order valence-electron chi connectivity index (χ0n) is 11.0.